The minimum Gasteiger partial charge on any atom is -0.465 e. The molecule has 0 unspecified atom stereocenters. The molecule has 2 aromatic carbocycles. The van der Waals surface area contributed by atoms with Crippen molar-refractivity contribution in [3.63, 3.8) is 0 Å². The molecule has 0 saturated carbocycles. The SMILES string of the molecule is COC(=O)c1sc2c(Br)cccc2c1NC(=O)OCc1ccccc1. The van der Waals surface area contributed by atoms with Gasteiger partial charge in [-0.15, -0.1) is 11.3 Å². The van der Waals surface area contributed by atoms with Crippen molar-refractivity contribution in [2.45, 2.75) is 6.61 Å². The highest BCUT2D eigenvalue weighted by molar-refractivity contribution is 9.10. The number of fused-ring (bicyclic) bond motifs is 1. The summed E-state index contributed by atoms with van der Waals surface area (Å²) in [5.74, 6) is -0.508. The molecule has 1 aromatic heterocycles. The third kappa shape index (κ3) is 3.83. The molecule has 0 atom stereocenters. The summed E-state index contributed by atoms with van der Waals surface area (Å²) in [5.41, 5.74) is 1.27. The fourth-order valence-corrected chi connectivity index (χ4v) is 4.00. The van der Waals surface area contributed by atoms with Gasteiger partial charge in [-0.3, -0.25) is 5.32 Å². The number of amides is 1. The van der Waals surface area contributed by atoms with Crippen molar-refractivity contribution in [1.82, 2.24) is 0 Å². The summed E-state index contributed by atoms with van der Waals surface area (Å²) in [5, 5.41) is 3.42. The first-order valence-electron chi connectivity index (χ1n) is 7.37. The van der Waals surface area contributed by atoms with E-state index in [1.807, 2.05) is 48.5 Å². The van der Waals surface area contributed by atoms with Crippen LogP contribution in [-0.4, -0.2) is 19.2 Å². The van der Waals surface area contributed by atoms with E-state index in [9.17, 15) is 9.59 Å². The number of carbonyl (C=O) groups is 2. The van der Waals surface area contributed by atoms with Gasteiger partial charge in [-0.2, -0.15) is 0 Å². The lowest BCUT2D eigenvalue weighted by Crippen LogP contribution is -2.15. The standard InChI is InChI=1S/C18H14BrNO4S/c1-23-17(21)16-14(12-8-5-9-13(19)15(12)25-16)20-18(22)24-10-11-6-3-2-4-7-11/h2-9H,10H2,1H3,(H,20,22). The number of hydrogen-bond donors (Lipinski definition) is 1. The van der Waals surface area contributed by atoms with Gasteiger partial charge in [0.05, 0.1) is 17.5 Å². The molecule has 0 aliphatic carbocycles. The molecule has 1 heterocycles. The number of anilines is 1. The van der Waals surface area contributed by atoms with Crippen molar-refractivity contribution in [2.75, 3.05) is 12.4 Å². The summed E-state index contributed by atoms with van der Waals surface area (Å²) in [7, 11) is 1.30. The van der Waals surface area contributed by atoms with Crippen LogP contribution in [0.3, 0.4) is 0 Å². The van der Waals surface area contributed by atoms with E-state index in [0.717, 1.165) is 20.1 Å². The number of benzene rings is 2. The molecule has 3 aromatic rings. The van der Waals surface area contributed by atoms with Gasteiger partial charge in [-0.1, -0.05) is 42.5 Å². The number of thiophene rings is 1. The number of rotatable bonds is 4. The Hall–Kier alpha value is -2.38. The van der Waals surface area contributed by atoms with Crippen molar-refractivity contribution in [3.05, 3.63) is 63.4 Å². The zero-order valence-electron chi connectivity index (χ0n) is 13.2. The summed E-state index contributed by atoms with van der Waals surface area (Å²) in [4.78, 5) is 24.6. The van der Waals surface area contributed by atoms with Gasteiger partial charge in [-0.05, 0) is 27.6 Å². The van der Waals surface area contributed by atoms with Crippen molar-refractivity contribution >= 4 is 55.1 Å². The van der Waals surface area contributed by atoms with Crippen LogP contribution in [0.1, 0.15) is 15.2 Å². The van der Waals surface area contributed by atoms with Crippen LogP contribution in [0.4, 0.5) is 10.5 Å². The molecule has 0 fully saturated rings. The van der Waals surface area contributed by atoms with Crippen molar-refractivity contribution in [2.24, 2.45) is 0 Å². The predicted molar refractivity (Wildman–Crippen MR) is 101 cm³/mol. The minimum absolute atomic E-state index is 0.145. The van der Waals surface area contributed by atoms with Gasteiger partial charge in [0.15, 0.2) is 0 Å². The number of nitrogens with one attached hydrogen (secondary N) is 1. The third-order valence-electron chi connectivity index (χ3n) is 3.48. The summed E-state index contributed by atoms with van der Waals surface area (Å²) >= 11 is 4.71. The zero-order valence-corrected chi connectivity index (χ0v) is 15.6. The lowest BCUT2D eigenvalue weighted by Gasteiger charge is -2.08. The maximum atomic E-state index is 12.2. The van der Waals surface area contributed by atoms with E-state index in [1.165, 1.54) is 18.4 Å². The molecule has 1 N–H and O–H groups in total. The van der Waals surface area contributed by atoms with Gasteiger partial charge >= 0.3 is 12.1 Å². The summed E-state index contributed by atoms with van der Waals surface area (Å²) < 4.78 is 11.7. The van der Waals surface area contributed by atoms with E-state index < -0.39 is 12.1 Å². The molecular weight excluding hydrogens is 406 g/mol. The van der Waals surface area contributed by atoms with Crippen molar-refractivity contribution in [1.29, 1.82) is 0 Å². The quantitative estimate of drug-likeness (QED) is 0.590. The maximum absolute atomic E-state index is 12.2. The first kappa shape index (κ1) is 17.4. The van der Waals surface area contributed by atoms with Gasteiger partial charge in [-0.25, -0.2) is 9.59 Å². The maximum Gasteiger partial charge on any atom is 0.412 e. The van der Waals surface area contributed by atoms with Gasteiger partial charge in [0.25, 0.3) is 0 Å². The monoisotopic (exact) mass is 419 g/mol. The van der Waals surface area contributed by atoms with Crippen LogP contribution in [-0.2, 0) is 16.1 Å². The van der Waals surface area contributed by atoms with Crippen LogP contribution in [0, 0.1) is 0 Å². The molecule has 0 bridgehead atoms. The minimum atomic E-state index is -0.631. The van der Waals surface area contributed by atoms with Crippen LogP contribution in [0.5, 0.6) is 0 Å². The fraction of sp³-hybridized carbons (Fsp3) is 0.111. The normalized spacial score (nSPS) is 10.5. The third-order valence-corrected chi connectivity index (χ3v) is 5.62. The number of carbonyl (C=O) groups excluding carboxylic acids is 2. The average Bonchev–Trinajstić information content (AvgIpc) is 3.00. The van der Waals surface area contributed by atoms with Crippen LogP contribution in [0.15, 0.2) is 53.0 Å². The second-order valence-electron chi connectivity index (χ2n) is 5.10. The van der Waals surface area contributed by atoms with E-state index in [1.54, 1.807) is 0 Å². The highest BCUT2D eigenvalue weighted by atomic mass is 79.9. The van der Waals surface area contributed by atoms with E-state index in [-0.39, 0.29) is 6.61 Å². The van der Waals surface area contributed by atoms with Gasteiger partial charge in [0, 0.05) is 9.86 Å². The van der Waals surface area contributed by atoms with Crippen LogP contribution >= 0.6 is 27.3 Å². The second-order valence-corrected chi connectivity index (χ2v) is 6.98. The topological polar surface area (TPSA) is 64.6 Å². The largest absolute Gasteiger partial charge is 0.465 e. The first-order valence-corrected chi connectivity index (χ1v) is 8.98. The van der Waals surface area contributed by atoms with Crippen molar-refractivity contribution < 1.29 is 19.1 Å². The highest BCUT2D eigenvalue weighted by Gasteiger charge is 2.22. The number of methoxy groups -OCH3 is 1. The van der Waals surface area contributed by atoms with Gasteiger partial charge < -0.3 is 9.47 Å². The van der Waals surface area contributed by atoms with E-state index in [0.29, 0.717) is 10.6 Å². The van der Waals surface area contributed by atoms with Crippen LogP contribution < -0.4 is 5.32 Å². The molecular formula is C18H14BrNO4S. The summed E-state index contributed by atoms with van der Waals surface area (Å²) in [6, 6.07) is 14.9. The Morgan fingerprint density at radius 3 is 2.60 bits per heavy atom. The zero-order chi connectivity index (χ0) is 17.8. The predicted octanol–water partition coefficient (Wildman–Crippen LogP) is 5.20. The molecule has 3 rings (SSSR count). The Labute approximate surface area is 156 Å². The second kappa shape index (κ2) is 7.67. The number of ether oxygens (including phenoxy) is 2. The van der Waals surface area contributed by atoms with E-state index in [4.69, 9.17) is 9.47 Å². The highest BCUT2D eigenvalue weighted by Crippen LogP contribution is 2.40. The molecule has 0 radical (unpaired) electrons. The van der Waals surface area contributed by atoms with E-state index in [2.05, 4.69) is 21.2 Å². The Balaban J connectivity index is 1.85. The summed E-state index contributed by atoms with van der Waals surface area (Å²) in [6.45, 7) is 0.145. The Morgan fingerprint density at radius 2 is 1.88 bits per heavy atom. The lowest BCUT2D eigenvalue weighted by molar-refractivity contribution is 0.0607. The van der Waals surface area contributed by atoms with Gasteiger partial charge in [0.1, 0.15) is 11.5 Å². The molecule has 0 aliphatic heterocycles. The number of halogens is 1. The molecule has 25 heavy (non-hydrogen) atoms. The van der Waals surface area contributed by atoms with E-state index >= 15 is 0 Å². The molecule has 0 aliphatic rings. The van der Waals surface area contributed by atoms with Crippen LogP contribution in [0.2, 0.25) is 0 Å². The molecule has 0 spiro atoms. The fourth-order valence-electron chi connectivity index (χ4n) is 2.31. The Bertz CT molecular complexity index is 923. The Kier molecular flexibility index (Phi) is 5.35. The van der Waals surface area contributed by atoms with Gasteiger partial charge in [0.2, 0.25) is 0 Å². The summed E-state index contributed by atoms with van der Waals surface area (Å²) in [6.07, 6.45) is -0.631. The molecule has 128 valence electrons. The number of hydrogen-bond acceptors (Lipinski definition) is 5. The van der Waals surface area contributed by atoms with Crippen molar-refractivity contribution in [3.8, 4) is 0 Å². The molecule has 0 saturated heterocycles. The molecule has 1 amide bonds. The molecule has 5 nitrogen and oxygen atoms in total. The average molecular weight is 420 g/mol. The lowest BCUT2D eigenvalue weighted by atomic mass is 10.2. The molecule has 7 heteroatoms. The first-order chi connectivity index (χ1) is 12.1. The number of esters is 1. The van der Waals surface area contributed by atoms with Crippen LogP contribution in [0.25, 0.3) is 10.1 Å². The smallest absolute Gasteiger partial charge is 0.412 e. The Morgan fingerprint density at radius 1 is 1.12 bits per heavy atom.